The summed E-state index contributed by atoms with van der Waals surface area (Å²) in [7, 11) is 0. The van der Waals surface area contributed by atoms with Gasteiger partial charge in [0.25, 0.3) is 0 Å². The smallest absolute Gasteiger partial charge is 0.322 e. The Hall–Kier alpha value is -2.97. The predicted molar refractivity (Wildman–Crippen MR) is 94.3 cm³/mol. The third-order valence-corrected chi connectivity index (χ3v) is 4.29. The van der Waals surface area contributed by atoms with Gasteiger partial charge in [-0.15, -0.1) is 0 Å². The van der Waals surface area contributed by atoms with Crippen LogP contribution >= 0.6 is 0 Å². The molecule has 2 rings (SSSR count). The van der Waals surface area contributed by atoms with Gasteiger partial charge < -0.3 is 20.6 Å². The second kappa shape index (κ2) is 8.61. The highest BCUT2D eigenvalue weighted by molar-refractivity contribution is 6.01. The minimum absolute atomic E-state index is 0.0230. The number of rotatable bonds is 7. The number of carbonyl (C=O) groups is 4. The van der Waals surface area contributed by atoms with E-state index in [1.54, 1.807) is 13.8 Å². The predicted octanol–water partition coefficient (Wildman–Crippen LogP) is 0.520. The van der Waals surface area contributed by atoms with Crippen LogP contribution in [0.25, 0.3) is 0 Å². The number of carbonyl (C=O) groups excluding carboxylic acids is 3. The molecule has 0 aromatic heterocycles. The van der Waals surface area contributed by atoms with E-state index in [4.69, 9.17) is 5.11 Å². The Morgan fingerprint density at radius 1 is 1.26 bits per heavy atom. The minimum Gasteiger partial charge on any atom is -0.480 e. The molecule has 1 aliphatic heterocycles. The number of carboxylic acids is 1. The van der Waals surface area contributed by atoms with Gasteiger partial charge >= 0.3 is 5.97 Å². The lowest BCUT2D eigenvalue weighted by Crippen LogP contribution is -2.52. The van der Waals surface area contributed by atoms with Gasteiger partial charge in [-0.1, -0.05) is 13.8 Å². The molecule has 2 unspecified atom stereocenters. The number of hydrogen-bond acceptors (Lipinski definition) is 4. The molecule has 8 nitrogen and oxygen atoms in total. The zero-order chi connectivity index (χ0) is 20.1. The van der Waals surface area contributed by atoms with Crippen LogP contribution in [0.2, 0.25) is 0 Å². The fourth-order valence-corrected chi connectivity index (χ4v) is 2.83. The fraction of sp³-hybridized carbons (Fsp3) is 0.444. The summed E-state index contributed by atoms with van der Waals surface area (Å²) >= 11 is 0. The molecule has 0 spiro atoms. The van der Waals surface area contributed by atoms with Gasteiger partial charge in [0.05, 0.1) is 5.92 Å². The van der Waals surface area contributed by atoms with Crippen LogP contribution < -0.4 is 15.5 Å². The van der Waals surface area contributed by atoms with Gasteiger partial charge in [0, 0.05) is 18.7 Å². The van der Waals surface area contributed by atoms with E-state index in [2.05, 4.69) is 10.6 Å². The topological polar surface area (TPSA) is 116 Å². The summed E-state index contributed by atoms with van der Waals surface area (Å²) in [5, 5.41) is 13.5. The Morgan fingerprint density at radius 3 is 2.44 bits per heavy atom. The summed E-state index contributed by atoms with van der Waals surface area (Å²) < 4.78 is 13.0. The van der Waals surface area contributed by atoms with Crippen molar-refractivity contribution in [3.63, 3.8) is 0 Å². The summed E-state index contributed by atoms with van der Waals surface area (Å²) in [5.41, 5.74) is 0.497. The Morgan fingerprint density at radius 2 is 1.89 bits per heavy atom. The molecule has 3 N–H and O–H groups in total. The first kappa shape index (κ1) is 20.3. The van der Waals surface area contributed by atoms with Crippen LogP contribution in [0.4, 0.5) is 10.1 Å². The molecule has 9 heteroatoms. The van der Waals surface area contributed by atoms with Crippen molar-refractivity contribution in [1.82, 2.24) is 10.6 Å². The quantitative estimate of drug-likeness (QED) is 0.639. The van der Waals surface area contributed by atoms with E-state index in [9.17, 15) is 23.6 Å². The largest absolute Gasteiger partial charge is 0.480 e. The number of benzene rings is 1. The van der Waals surface area contributed by atoms with E-state index < -0.39 is 42.1 Å². The number of amides is 3. The molecule has 0 bridgehead atoms. The van der Waals surface area contributed by atoms with Crippen LogP contribution in [0.1, 0.15) is 20.3 Å². The van der Waals surface area contributed by atoms with Gasteiger partial charge in [0.2, 0.25) is 17.7 Å². The van der Waals surface area contributed by atoms with Gasteiger partial charge in [-0.05, 0) is 30.2 Å². The van der Waals surface area contributed by atoms with Crippen LogP contribution in [-0.2, 0) is 19.2 Å². The average molecular weight is 379 g/mol. The first-order valence-electron chi connectivity index (χ1n) is 8.55. The number of hydrogen-bond donors (Lipinski definition) is 3. The fourth-order valence-electron chi connectivity index (χ4n) is 2.83. The standard InChI is InChI=1S/C18H22FN3O5/c1-10(2)16(18(27)20-8-15(24)25)21-17(26)11-7-14(23)22(9-11)13-5-3-12(19)4-6-13/h3-6,10-11,16H,7-9H2,1-2H3,(H,20,27)(H,21,26)(H,24,25). The third-order valence-electron chi connectivity index (χ3n) is 4.29. The molecule has 3 amide bonds. The molecule has 146 valence electrons. The van der Waals surface area contributed by atoms with Gasteiger partial charge in [0.15, 0.2) is 0 Å². The molecule has 0 saturated carbocycles. The van der Waals surface area contributed by atoms with Gasteiger partial charge in [-0.25, -0.2) is 4.39 Å². The van der Waals surface area contributed by atoms with Crippen molar-refractivity contribution in [1.29, 1.82) is 0 Å². The van der Waals surface area contributed by atoms with E-state index in [0.717, 1.165) is 0 Å². The van der Waals surface area contributed by atoms with Gasteiger partial charge in [0.1, 0.15) is 18.4 Å². The molecule has 27 heavy (non-hydrogen) atoms. The number of anilines is 1. The van der Waals surface area contributed by atoms with Gasteiger partial charge in [-0.2, -0.15) is 0 Å². The van der Waals surface area contributed by atoms with Crippen LogP contribution in [0.5, 0.6) is 0 Å². The summed E-state index contributed by atoms with van der Waals surface area (Å²) in [5.74, 6) is -3.86. The van der Waals surface area contributed by atoms with E-state index >= 15 is 0 Å². The second-order valence-corrected chi connectivity index (χ2v) is 6.72. The van der Waals surface area contributed by atoms with Crippen LogP contribution in [0.3, 0.4) is 0 Å². The number of aliphatic carboxylic acids is 1. The molecule has 1 saturated heterocycles. The molecular formula is C18H22FN3O5. The average Bonchev–Trinajstić information content (AvgIpc) is 2.99. The lowest BCUT2D eigenvalue weighted by Gasteiger charge is -2.23. The first-order valence-corrected chi connectivity index (χ1v) is 8.55. The second-order valence-electron chi connectivity index (χ2n) is 6.72. The van der Waals surface area contributed by atoms with E-state index in [-0.39, 0.29) is 24.8 Å². The lowest BCUT2D eigenvalue weighted by molar-refractivity contribution is -0.138. The maximum absolute atomic E-state index is 13.0. The summed E-state index contributed by atoms with van der Waals surface area (Å²) in [4.78, 5) is 48.9. The van der Waals surface area contributed by atoms with Crippen molar-refractivity contribution in [2.75, 3.05) is 18.0 Å². The van der Waals surface area contributed by atoms with E-state index in [1.807, 2.05) is 0 Å². The Balaban J connectivity index is 2.01. The molecule has 0 radical (unpaired) electrons. The van der Waals surface area contributed by atoms with Crippen molar-refractivity contribution in [3.8, 4) is 0 Å². The van der Waals surface area contributed by atoms with Crippen molar-refractivity contribution in [2.45, 2.75) is 26.3 Å². The summed E-state index contributed by atoms with van der Waals surface area (Å²) in [6.07, 6.45) is -0.0230. The van der Waals surface area contributed by atoms with E-state index in [1.165, 1.54) is 29.2 Å². The molecule has 1 aliphatic rings. The summed E-state index contributed by atoms with van der Waals surface area (Å²) in [6.45, 7) is 3.02. The summed E-state index contributed by atoms with van der Waals surface area (Å²) in [6, 6.07) is 4.48. The lowest BCUT2D eigenvalue weighted by atomic mass is 10.0. The number of carboxylic acid groups (broad SMARTS) is 1. The molecule has 1 aromatic carbocycles. The van der Waals surface area contributed by atoms with Crippen molar-refractivity contribution >= 4 is 29.4 Å². The highest BCUT2D eigenvalue weighted by Crippen LogP contribution is 2.25. The highest BCUT2D eigenvalue weighted by Gasteiger charge is 2.37. The third kappa shape index (κ3) is 5.25. The number of nitrogens with one attached hydrogen (secondary N) is 2. The number of halogens is 1. The maximum atomic E-state index is 13.0. The Kier molecular flexibility index (Phi) is 6.49. The van der Waals surface area contributed by atoms with Crippen LogP contribution in [0.15, 0.2) is 24.3 Å². The molecule has 1 aromatic rings. The molecule has 0 aliphatic carbocycles. The molecule has 1 heterocycles. The van der Waals surface area contributed by atoms with Crippen LogP contribution in [0, 0.1) is 17.7 Å². The van der Waals surface area contributed by atoms with E-state index in [0.29, 0.717) is 5.69 Å². The van der Waals surface area contributed by atoms with Gasteiger partial charge in [-0.3, -0.25) is 19.2 Å². The Bertz CT molecular complexity index is 735. The zero-order valence-electron chi connectivity index (χ0n) is 15.1. The normalized spacial score (nSPS) is 17.7. The molecular weight excluding hydrogens is 357 g/mol. The maximum Gasteiger partial charge on any atom is 0.322 e. The molecule has 2 atom stereocenters. The monoisotopic (exact) mass is 379 g/mol. The highest BCUT2D eigenvalue weighted by atomic mass is 19.1. The minimum atomic E-state index is -1.19. The van der Waals surface area contributed by atoms with Crippen molar-refractivity contribution in [3.05, 3.63) is 30.1 Å². The van der Waals surface area contributed by atoms with Crippen LogP contribution in [-0.4, -0.2) is 47.9 Å². The SMILES string of the molecule is CC(C)C(NC(=O)C1CC(=O)N(c2ccc(F)cc2)C1)C(=O)NCC(=O)O. The zero-order valence-corrected chi connectivity index (χ0v) is 15.1. The van der Waals surface area contributed by atoms with Crippen molar-refractivity contribution in [2.24, 2.45) is 11.8 Å². The number of nitrogens with zero attached hydrogens (tertiary/aromatic N) is 1. The molecule has 1 fully saturated rings. The van der Waals surface area contributed by atoms with Crippen molar-refractivity contribution < 1.29 is 28.7 Å². The Labute approximate surface area is 155 Å². The first-order chi connectivity index (χ1) is 12.7.